The first-order chi connectivity index (χ1) is 14.7. The van der Waals surface area contributed by atoms with Gasteiger partial charge in [0.2, 0.25) is 0 Å². The lowest BCUT2D eigenvalue weighted by molar-refractivity contribution is -0.118. The van der Waals surface area contributed by atoms with E-state index in [4.69, 9.17) is 14.5 Å². The Balaban J connectivity index is 1.39. The molecule has 0 saturated heterocycles. The Morgan fingerprint density at radius 1 is 1.03 bits per heavy atom. The summed E-state index contributed by atoms with van der Waals surface area (Å²) in [6.07, 6.45) is 3.53. The Kier molecular flexibility index (Phi) is 6.01. The van der Waals surface area contributed by atoms with Crippen molar-refractivity contribution in [1.29, 1.82) is 0 Å². The van der Waals surface area contributed by atoms with Crippen molar-refractivity contribution in [1.82, 2.24) is 9.97 Å². The molecule has 0 aliphatic carbocycles. The van der Waals surface area contributed by atoms with Gasteiger partial charge in [-0.15, -0.1) is 11.3 Å². The Morgan fingerprint density at radius 2 is 1.83 bits per heavy atom. The number of anilines is 1. The summed E-state index contributed by atoms with van der Waals surface area (Å²) in [6, 6.07) is 18.5. The van der Waals surface area contributed by atoms with E-state index in [9.17, 15) is 4.79 Å². The molecule has 0 radical (unpaired) electrons. The number of aromatic nitrogens is 2. The fourth-order valence-electron chi connectivity index (χ4n) is 2.80. The van der Waals surface area contributed by atoms with E-state index in [1.54, 1.807) is 55.1 Å². The molecule has 0 fully saturated rings. The smallest absolute Gasteiger partial charge is 0.262 e. The van der Waals surface area contributed by atoms with E-state index in [1.165, 1.54) is 0 Å². The van der Waals surface area contributed by atoms with E-state index in [2.05, 4.69) is 10.3 Å². The average Bonchev–Trinajstić information content (AvgIpc) is 3.29. The van der Waals surface area contributed by atoms with E-state index in [0.29, 0.717) is 11.4 Å². The van der Waals surface area contributed by atoms with Gasteiger partial charge in [-0.1, -0.05) is 12.1 Å². The standard InChI is InChI=1S/C23H19N3O3S/c1-28-19-7-9-20(10-8-19)29-14-22(27)25-18-6-2-4-16(12-18)21-15-30-23(26-21)17-5-3-11-24-13-17/h2-13,15H,14H2,1H3,(H,25,27). The second-order valence-electron chi connectivity index (χ2n) is 6.37. The number of amides is 1. The van der Waals surface area contributed by atoms with E-state index < -0.39 is 0 Å². The summed E-state index contributed by atoms with van der Waals surface area (Å²) in [5, 5.41) is 5.76. The first-order valence-electron chi connectivity index (χ1n) is 9.24. The van der Waals surface area contributed by atoms with E-state index in [0.717, 1.165) is 27.6 Å². The van der Waals surface area contributed by atoms with Gasteiger partial charge < -0.3 is 14.8 Å². The number of hydrogen-bond acceptors (Lipinski definition) is 6. The molecule has 4 rings (SSSR count). The number of thiazole rings is 1. The lowest BCUT2D eigenvalue weighted by Gasteiger charge is -2.09. The Bertz CT molecular complexity index is 1130. The highest BCUT2D eigenvalue weighted by Gasteiger charge is 2.09. The molecule has 2 aromatic heterocycles. The fourth-order valence-corrected chi connectivity index (χ4v) is 3.62. The van der Waals surface area contributed by atoms with E-state index in [1.807, 2.05) is 41.8 Å². The molecule has 4 aromatic rings. The molecule has 1 amide bonds. The molecule has 0 bridgehead atoms. The molecule has 7 heteroatoms. The number of carbonyl (C=O) groups is 1. The van der Waals surface area contributed by atoms with E-state index in [-0.39, 0.29) is 12.5 Å². The minimum Gasteiger partial charge on any atom is -0.497 e. The van der Waals surface area contributed by atoms with Gasteiger partial charge in [0.25, 0.3) is 5.91 Å². The predicted octanol–water partition coefficient (Wildman–Crippen LogP) is 4.90. The lowest BCUT2D eigenvalue weighted by Crippen LogP contribution is -2.20. The van der Waals surface area contributed by atoms with Crippen LogP contribution in [0.3, 0.4) is 0 Å². The maximum Gasteiger partial charge on any atom is 0.262 e. The molecule has 2 aromatic carbocycles. The van der Waals surface area contributed by atoms with Gasteiger partial charge >= 0.3 is 0 Å². The molecular formula is C23H19N3O3S. The molecule has 6 nitrogen and oxygen atoms in total. The molecule has 0 atom stereocenters. The number of rotatable bonds is 7. The van der Waals surface area contributed by atoms with Gasteiger partial charge in [-0.25, -0.2) is 4.98 Å². The summed E-state index contributed by atoms with van der Waals surface area (Å²) >= 11 is 1.56. The van der Waals surface area contributed by atoms with Gasteiger partial charge in [-0.2, -0.15) is 0 Å². The van der Waals surface area contributed by atoms with Crippen LogP contribution in [0.4, 0.5) is 5.69 Å². The molecule has 0 spiro atoms. The first kappa shape index (κ1) is 19.6. The Morgan fingerprint density at radius 3 is 2.60 bits per heavy atom. The second-order valence-corrected chi connectivity index (χ2v) is 7.23. The van der Waals surface area contributed by atoms with Crippen molar-refractivity contribution in [2.24, 2.45) is 0 Å². The van der Waals surface area contributed by atoms with Crippen molar-refractivity contribution in [3.63, 3.8) is 0 Å². The zero-order valence-electron chi connectivity index (χ0n) is 16.2. The van der Waals surface area contributed by atoms with Crippen LogP contribution in [-0.2, 0) is 4.79 Å². The summed E-state index contributed by atoms with van der Waals surface area (Å²) in [4.78, 5) is 21.1. The summed E-state index contributed by atoms with van der Waals surface area (Å²) in [7, 11) is 1.60. The molecule has 1 N–H and O–H groups in total. The summed E-state index contributed by atoms with van der Waals surface area (Å²) in [6.45, 7) is -0.0849. The van der Waals surface area contributed by atoms with Gasteiger partial charge in [-0.05, 0) is 48.5 Å². The fraction of sp³-hybridized carbons (Fsp3) is 0.0870. The zero-order chi connectivity index (χ0) is 20.8. The third-order valence-corrected chi connectivity index (χ3v) is 5.18. The summed E-state index contributed by atoms with van der Waals surface area (Å²) < 4.78 is 10.6. The van der Waals surface area contributed by atoms with Crippen molar-refractivity contribution >= 4 is 22.9 Å². The van der Waals surface area contributed by atoms with Gasteiger partial charge in [0.15, 0.2) is 6.61 Å². The Hall–Kier alpha value is -3.71. The van der Waals surface area contributed by atoms with E-state index >= 15 is 0 Å². The van der Waals surface area contributed by atoms with Crippen LogP contribution in [0.15, 0.2) is 78.4 Å². The normalized spacial score (nSPS) is 10.4. The quantitative estimate of drug-likeness (QED) is 0.463. The lowest BCUT2D eigenvalue weighted by atomic mass is 10.1. The first-order valence-corrected chi connectivity index (χ1v) is 10.1. The van der Waals surface area contributed by atoms with Crippen LogP contribution in [-0.4, -0.2) is 29.6 Å². The molecule has 0 aliphatic rings. The maximum absolute atomic E-state index is 12.3. The van der Waals surface area contributed by atoms with Crippen LogP contribution in [0.1, 0.15) is 0 Å². The highest BCUT2D eigenvalue weighted by Crippen LogP contribution is 2.29. The molecule has 30 heavy (non-hydrogen) atoms. The highest BCUT2D eigenvalue weighted by molar-refractivity contribution is 7.13. The highest BCUT2D eigenvalue weighted by atomic mass is 32.1. The van der Waals surface area contributed by atoms with Crippen molar-refractivity contribution in [2.75, 3.05) is 19.0 Å². The number of methoxy groups -OCH3 is 1. The average molecular weight is 417 g/mol. The van der Waals surface area contributed by atoms with Crippen LogP contribution >= 0.6 is 11.3 Å². The summed E-state index contributed by atoms with van der Waals surface area (Å²) in [5.74, 6) is 1.10. The number of ether oxygens (including phenoxy) is 2. The molecule has 0 saturated carbocycles. The minimum absolute atomic E-state index is 0.0849. The zero-order valence-corrected chi connectivity index (χ0v) is 17.1. The molecule has 0 aliphatic heterocycles. The van der Waals surface area contributed by atoms with Crippen molar-refractivity contribution in [3.05, 3.63) is 78.4 Å². The number of nitrogens with zero attached hydrogens (tertiary/aromatic N) is 2. The number of hydrogen-bond donors (Lipinski definition) is 1. The third-order valence-electron chi connectivity index (χ3n) is 4.28. The largest absolute Gasteiger partial charge is 0.497 e. The predicted molar refractivity (Wildman–Crippen MR) is 118 cm³/mol. The second kappa shape index (κ2) is 9.19. The Labute approximate surface area is 178 Å². The van der Waals surface area contributed by atoms with Crippen LogP contribution in [0.2, 0.25) is 0 Å². The molecular weight excluding hydrogens is 398 g/mol. The van der Waals surface area contributed by atoms with Crippen molar-refractivity contribution in [2.45, 2.75) is 0 Å². The molecule has 150 valence electrons. The summed E-state index contributed by atoms with van der Waals surface area (Å²) in [5.41, 5.74) is 3.44. The number of pyridine rings is 1. The van der Waals surface area contributed by atoms with Crippen LogP contribution in [0, 0.1) is 0 Å². The van der Waals surface area contributed by atoms with Gasteiger partial charge in [0.1, 0.15) is 16.5 Å². The van der Waals surface area contributed by atoms with Crippen LogP contribution in [0.5, 0.6) is 11.5 Å². The minimum atomic E-state index is -0.239. The third kappa shape index (κ3) is 4.82. The van der Waals surface area contributed by atoms with Gasteiger partial charge in [-0.3, -0.25) is 9.78 Å². The van der Waals surface area contributed by atoms with Gasteiger partial charge in [0, 0.05) is 34.6 Å². The number of benzene rings is 2. The van der Waals surface area contributed by atoms with Gasteiger partial charge in [0.05, 0.1) is 12.8 Å². The van der Waals surface area contributed by atoms with Crippen LogP contribution < -0.4 is 14.8 Å². The van der Waals surface area contributed by atoms with Crippen molar-refractivity contribution in [3.8, 4) is 33.3 Å². The monoisotopic (exact) mass is 417 g/mol. The SMILES string of the molecule is COc1ccc(OCC(=O)Nc2cccc(-c3csc(-c4cccnc4)n3)c2)cc1. The van der Waals surface area contributed by atoms with Crippen molar-refractivity contribution < 1.29 is 14.3 Å². The molecule has 2 heterocycles. The maximum atomic E-state index is 12.3. The molecule has 0 unspecified atom stereocenters. The van der Waals surface area contributed by atoms with Crippen LogP contribution in [0.25, 0.3) is 21.8 Å². The number of carbonyl (C=O) groups excluding carboxylic acids is 1. The number of nitrogens with one attached hydrogen (secondary N) is 1. The topological polar surface area (TPSA) is 73.3 Å².